The second-order valence-corrected chi connectivity index (χ2v) is 4.21. The second-order valence-electron chi connectivity index (χ2n) is 4.21. The Balaban J connectivity index is 3.07. The fourth-order valence-corrected chi connectivity index (χ4v) is 1.52. The average molecular weight is 291 g/mol. The number of ether oxygens (including phenoxy) is 1. The molecule has 1 aromatic carbocycles. The molecule has 7 heteroatoms. The maximum Gasteiger partial charge on any atom is 0.419 e. The van der Waals surface area contributed by atoms with Crippen LogP contribution >= 0.6 is 0 Å². The molecule has 0 amide bonds. The lowest BCUT2D eigenvalue weighted by atomic mass is 10.1. The molecule has 0 saturated heterocycles. The summed E-state index contributed by atoms with van der Waals surface area (Å²) in [6, 6.07) is 3.59. The molecule has 0 bridgehead atoms. The topological polar surface area (TPSA) is 58.6 Å². The van der Waals surface area contributed by atoms with Crippen molar-refractivity contribution >= 4 is 5.97 Å². The van der Waals surface area contributed by atoms with Gasteiger partial charge in [0.2, 0.25) is 0 Å². The molecule has 1 atom stereocenters. The molecule has 0 fully saturated rings. The fourth-order valence-electron chi connectivity index (χ4n) is 1.52. The van der Waals surface area contributed by atoms with E-state index in [0.29, 0.717) is 18.7 Å². The predicted octanol–water partition coefficient (Wildman–Crippen LogP) is 2.67. The summed E-state index contributed by atoms with van der Waals surface area (Å²) in [6.45, 7) is 3.95. The van der Waals surface area contributed by atoms with Crippen LogP contribution in [0.25, 0.3) is 0 Å². The summed E-state index contributed by atoms with van der Waals surface area (Å²) in [5, 5.41) is 11.6. The van der Waals surface area contributed by atoms with Crippen LogP contribution in [0.15, 0.2) is 18.2 Å². The molecule has 0 aliphatic rings. The Labute approximate surface area is 114 Å². The van der Waals surface area contributed by atoms with Crippen LogP contribution in [-0.4, -0.2) is 23.7 Å². The molecule has 0 spiro atoms. The van der Waals surface area contributed by atoms with Crippen molar-refractivity contribution in [2.45, 2.75) is 32.7 Å². The maximum atomic E-state index is 13.0. The van der Waals surface area contributed by atoms with Gasteiger partial charge in [-0.25, -0.2) is 4.79 Å². The lowest BCUT2D eigenvalue weighted by Crippen LogP contribution is -2.24. The number of carboxylic acids is 1. The zero-order valence-corrected chi connectivity index (χ0v) is 11.1. The number of alkyl halides is 3. The Morgan fingerprint density at radius 1 is 1.45 bits per heavy atom. The summed E-state index contributed by atoms with van der Waals surface area (Å²) in [4.78, 5) is 10.7. The van der Waals surface area contributed by atoms with Crippen LogP contribution in [0, 0.1) is 0 Å². The van der Waals surface area contributed by atoms with Gasteiger partial charge in [0.1, 0.15) is 5.75 Å². The Bertz CT molecular complexity index is 474. The van der Waals surface area contributed by atoms with Gasteiger partial charge in [0.25, 0.3) is 0 Å². The number of rotatable bonds is 6. The van der Waals surface area contributed by atoms with E-state index < -0.39 is 29.6 Å². The monoisotopic (exact) mass is 291 g/mol. The van der Waals surface area contributed by atoms with Crippen molar-refractivity contribution < 1.29 is 27.8 Å². The number of carboxylic acid groups (broad SMARTS) is 1. The first-order valence-electron chi connectivity index (χ1n) is 6.06. The Hall–Kier alpha value is -1.76. The number of aliphatic carboxylic acids is 1. The highest BCUT2D eigenvalue weighted by Gasteiger charge is 2.35. The first-order chi connectivity index (χ1) is 9.25. The molecule has 0 heterocycles. The summed E-state index contributed by atoms with van der Waals surface area (Å²) in [5.41, 5.74) is -0.518. The van der Waals surface area contributed by atoms with E-state index in [1.165, 1.54) is 13.0 Å². The molecule has 0 radical (unpaired) electrons. The van der Waals surface area contributed by atoms with Crippen LogP contribution < -0.4 is 10.1 Å². The molecule has 0 aromatic heterocycles. The molecule has 4 nitrogen and oxygen atoms in total. The van der Waals surface area contributed by atoms with E-state index in [1.807, 2.05) is 6.92 Å². The molecule has 112 valence electrons. The zero-order chi connectivity index (χ0) is 15.3. The van der Waals surface area contributed by atoms with Gasteiger partial charge in [-0.2, -0.15) is 13.2 Å². The maximum absolute atomic E-state index is 13.0. The third-order valence-electron chi connectivity index (χ3n) is 2.58. The highest BCUT2D eigenvalue weighted by Crippen LogP contribution is 2.37. The molecule has 2 N–H and O–H groups in total. The quantitative estimate of drug-likeness (QED) is 0.846. The van der Waals surface area contributed by atoms with E-state index in [-0.39, 0.29) is 0 Å². The molecule has 20 heavy (non-hydrogen) atoms. The summed E-state index contributed by atoms with van der Waals surface area (Å²) in [6.07, 6.45) is -5.95. The smallest absolute Gasteiger partial charge is 0.419 e. The average Bonchev–Trinajstić information content (AvgIpc) is 2.36. The van der Waals surface area contributed by atoms with Crippen molar-refractivity contribution in [1.82, 2.24) is 5.32 Å². The molecule has 0 aliphatic heterocycles. The van der Waals surface area contributed by atoms with E-state index in [4.69, 9.17) is 9.84 Å². The van der Waals surface area contributed by atoms with Crippen LogP contribution in [-0.2, 0) is 17.5 Å². The van der Waals surface area contributed by atoms with Gasteiger partial charge in [-0.15, -0.1) is 0 Å². The summed E-state index contributed by atoms with van der Waals surface area (Å²) < 4.78 is 43.7. The van der Waals surface area contributed by atoms with Gasteiger partial charge >= 0.3 is 12.1 Å². The van der Waals surface area contributed by atoms with Crippen molar-refractivity contribution in [2.24, 2.45) is 0 Å². The lowest BCUT2D eigenvalue weighted by molar-refractivity contribution is -0.147. The standard InChI is InChI=1S/C13H16F3NO3/c1-3-17-7-9-4-5-11(20-8(2)12(18)19)10(6-9)13(14,15)16/h4-6,8,17H,3,7H2,1-2H3,(H,18,19). The van der Waals surface area contributed by atoms with Gasteiger partial charge in [0.15, 0.2) is 6.10 Å². The largest absolute Gasteiger partial charge is 0.479 e. The van der Waals surface area contributed by atoms with Crippen LogP contribution in [0.5, 0.6) is 5.75 Å². The van der Waals surface area contributed by atoms with Crippen molar-refractivity contribution in [1.29, 1.82) is 0 Å². The van der Waals surface area contributed by atoms with E-state index >= 15 is 0 Å². The molecule has 1 rings (SSSR count). The Morgan fingerprint density at radius 3 is 2.60 bits per heavy atom. The van der Waals surface area contributed by atoms with Crippen LogP contribution in [0.2, 0.25) is 0 Å². The second kappa shape index (κ2) is 6.60. The highest BCUT2D eigenvalue weighted by molar-refractivity contribution is 5.72. The van der Waals surface area contributed by atoms with Crippen molar-refractivity contribution in [2.75, 3.05) is 6.54 Å². The Morgan fingerprint density at radius 2 is 2.10 bits per heavy atom. The van der Waals surface area contributed by atoms with Crippen molar-refractivity contribution in [3.63, 3.8) is 0 Å². The van der Waals surface area contributed by atoms with E-state index in [0.717, 1.165) is 12.1 Å². The third kappa shape index (κ3) is 4.41. The molecular weight excluding hydrogens is 275 g/mol. The minimum absolute atomic E-state index is 0.300. The minimum atomic E-state index is -4.60. The number of hydrogen-bond acceptors (Lipinski definition) is 3. The van der Waals surface area contributed by atoms with Gasteiger partial charge in [-0.1, -0.05) is 13.0 Å². The van der Waals surface area contributed by atoms with Crippen LogP contribution in [0.1, 0.15) is 25.0 Å². The van der Waals surface area contributed by atoms with E-state index in [2.05, 4.69) is 5.32 Å². The van der Waals surface area contributed by atoms with E-state index in [9.17, 15) is 18.0 Å². The van der Waals surface area contributed by atoms with Crippen molar-refractivity contribution in [3.05, 3.63) is 29.3 Å². The highest BCUT2D eigenvalue weighted by atomic mass is 19.4. The van der Waals surface area contributed by atoms with Gasteiger partial charge in [0.05, 0.1) is 5.56 Å². The molecular formula is C13H16F3NO3. The SMILES string of the molecule is CCNCc1ccc(OC(C)C(=O)O)c(C(F)(F)F)c1. The van der Waals surface area contributed by atoms with E-state index in [1.54, 1.807) is 0 Å². The lowest BCUT2D eigenvalue weighted by Gasteiger charge is -2.17. The number of nitrogens with one attached hydrogen (secondary N) is 1. The number of benzene rings is 1. The predicted molar refractivity (Wildman–Crippen MR) is 66.6 cm³/mol. The molecule has 0 saturated carbocycles. The first kappa shape index (κ1) is 16.3. The number of carbonyl (C=O) groups is 1. The molecule has 0 aliphatic carbocycles. The number of hydrogen-bond donors (Lipinski definition) is 2. The first-order valence-corrected chi connectivity index (χ1v) is 6.06. The van der Waals surface area contributed by atoms with Gasteiger partial charge in [-0.05, 0) is 31.2 Å². The Kier molecular flexibility index (Phi) is 5.38. The normalized spacial score (nSPS) is 13.1. The number of halogens is 3. The van der Waals surface area contributed by atoms with Gasteiger partial charge in [0, 0.05) is 6.54 Å². The summed E-state index contributed by atoms with van der Waals surface area (Å²) in [5.74, 6) is -1.80. The molecule has 1 aromatic rings. The zero-order valence-electron chi connectivity index (χ0n) is 11.1. The summed E-state index contributed by atoms with van der Waals surface area (Å²) >= 11 is 0. The van der Waals surface area contributed by atoms with Crippen LogP contribution in [0.4, 0.5) is 13.2 Å². The third-order valence-corrected chi connectivity index (χ3v) is 2.58. The summed E-state index contributed by atoms with van der Waals surface area (Å²) in [7, 11) is 0. The van der Waals surface area contributed by atoms with Crippen LogP contribution in [0.3, 0.4) is 0 Å². The van der Waals surface area contributed by atoms with Gasteiger partial charge in [-0.3, -0.25) is 0 Å². The minimum Gasteiger partial charge on any atom is -0.479 e. The van der Waals surface area contributed by atoms with Crippen molar-refractivity contribution in [3.8, 4) is 5.75 Å². The molecule has 1 unspecified atom stereocenters. The van der Waals surface area contributed by atoms with Gasteiger partial charge < -0.3 is 15.2 Å². The fraction of sp³-hybridized carbons (Fsp3) is 0.462.